The van der Waals surface area contributed by atoms with Gasteiger partial charge in [0.1, 0.15) is 11.9 Å². The fourth-order valence-corrected chi connectivity index (χ4v) is 3.64. The normalized spacial score (nSPS) is 15.2. The van der Waals surface area contributed by atoms with E-state index < -0.39 is 8.32 Å². The van der Waals surface area contributed by atoms with Gasteiger partial charge in [-0.25, -0.2) is 0 Å². The van der Waals surface area contributed by atoms with Crippen LogP contribution in [0.1, 0.15) is 45.1 Å². The van der Waals surface area contributed by atoms with Gasteiger partial charge < -0.3 is 14.2 Å². The van der Waals surface area contributed by atoms with Crippen LogP contribution in [0.2, 0.25) is 18.1 Å². The molecule has 24 heavy (non-hydrogen) atoms. The van der Waals surface area contributed by atoms with Gasteiger partial charge in [-0.1, -0.05) is 51.1 Å². The van der Waals surface area contributed by atoms with Gasteiger partial charge in [0.2, 0.25) is 0 Å². The smallest absolute Gasteiger partial charge is 0.193 e. The van der Waals surface area contributed by atoms with Gasteiger partial charge in [-0.2, -0.15) is 0 Å². The van der Waals surface area contributed by atoms with Crippen LogP contribution in [-0.4, -0.2) is 14.4 Å². The molecule has 0 aliphatic heterocycles. The molecule has 1 heterocycles. The van der Waals surface area contributed by atoms with Gasteiger partial charge in [-0.15, -0.1) is 0 Å². The molecule has 2 rings (SSSR count). The summed E-state index contributed by atoms with van der Waals surface area (Å²) in [6, 6.07) is 14.5. The minimum atomic E-state index is -1.90. The summed E-state index contributed by atoms with van der Waals surface area (Å²) in [7, 11) is -1.90. The van der Waals surface area contributed by atoms with Crippen LogP contribution in [0, 0.1) is 0 Å². The third-order valence-corrected chi connectivity index (χ3v) is 9.43. The van der Waals surface area contributed by atoms with Crippen LogP contribution in [0.5, 0.6) is 0 Å². The van der Waals surface area contributed by atoms with Crippen LogP contribution in [0.3, 0.4) is 0 Å². The Balaban J connectivity index is 2.11. The number of hydrogen-bond acceptors (Lipinski definition) is 3. The minimum absolute atomic E-state index is 0.0791. The Bertz CT molecular complexity index is 602. The zero-order chi connectivity index (χ0) is 17.8. The topological polar surface area (TPSA) is 34.4 Å². The Morgan fingerprint density at radius 3 is 2.29 bits per heavy atom. The van der Waals surface area contributed by atoms with Gasteiger partial charge in [-0.3, -0.25) is 0 Å². The van der Waals surface area contributed by atoms with Crippen molar-refractivity contribution in [3.8, 4) is 0 Å². The van der Waals surface area contributed by atoms with Crippen molar-refractivity contribution in [3.05, 3.63) is 60.1 Å². The van der Waals surface area contributed by atoms with E-state index in [1.165, 1.54) is 5.56 Å². The molecule has 0 spiro atoms. The first-order chi connectivity index (χ1) is 11.2. The lowest BCUT2D eigenvalue weighted by Crippen LogP contribution is -2.45. The fraction of sp³-hybridized carbons (Fsp3) is 0.500. The average molecular weight is 346 g/mol. The van der Waals surface area contributed by atoms with Crippen molar-refractivity contribution in [2.75, 3.05) is 0 Å². The zero-order valence-electron chi connectivity index (χ0n) is 15.8. The molecule has 0 radical (unpaired) electrons. The Morgan fingerprint density at radius 2 is 1.75 bits per heavy atom. The predicted octanol–water partition coefficient (Wildman–Crippen LogP) is 5.52. The van der Waals surface area contributed by atoms with Crippen molar-refractivity contribution in [1.29, 1.82) is 0 Å². The molecule has 0 saturated heterocycles. The monoisotopic (exact) mass is 345 g/mol. The summed E-state index contributed by atoms with van der Waals surface area (Å²) < 4.78 is 12.4. The minimum Gasteiger partial charge on any atom is -0.467 e. The Hall–Kier alpha value is -1.36. The van der Waals surface area contributed by atoms with Gasteiger partial charge in [0.15, 0.2) is 8.32 Å². The van der Waals surface area contributed by atoms with Crippen molar-refractivity contribution in [1.82, 2.24) is 5.32 Å². The molecule has 3 nitrogen and oxygen atoms in total. The first-order valence-corrected chi connectivity index (χ1v) is 11.6. The lowest BCUT2D eigenvalue weighted by molar-refractivity contribution is 0.120. The lowest BCUT2D eigenvalue weighted by Gasteiger charge is -2.40. The summed E-state index contributed by atoms with van der Waals surface area (Å²) >= 11 is 0. The van der Waals surface area contributed by atoms with Crippen LogP contribution in [0.4, 0.5) is 0 Å². The lowest BCUT2D eigenvalue weighted by atomic mass is 10.1. The highest BCUT2D eigenvalue weighted by Crippen LogP contribution is 2.40. The molecule has 0 aliphatic carbocycles. The molecule has 0 saturated carbocycles. The van der Waals surface area contributed by atoms with Crippen molar-refractivity contribution < 1.29 is 8.84 Å². The van der Waals surface area contributed by atoms with E-state index in [4.69, 9.17) is 8.84 Å². The standard InChI is InChI=1S/C20H31NO2Si/c1-16(21-15-17-11-8-7-9-12-17)19(18-13-10-14-22-18)23-24(5,6)20(2,3)4/h7-14,16,19,21H,15H2,1-6H3/t16-,19-/m0/s1. The van der Waals surface area contributed by atoms with E-state index in [2.05, 4.69) is 70.4 Å². The summed E-state index contributed by atoms with van der Waals surface area (Å²) in [6.45, 7) is 14.4. The van der Waals surface area contributed by atoms with E-state index in [1.54, 1.807) is 6.26 Å². The number of hydrogen-bond donors (Lipinski definition) is 1. The number of benzene rings is 1. The molecule has 1 aromatic carbocycles. The highest BCUT2D eigenvalue weighted by Gasteiger charge is 2.41. The van der Waals surface area contributed by atoms with Crippen molar-refractivity contribution in [3.63, 3.8) is 0 Å². The molecule has 2 atom stereocenters. The van der Waals surface area contributed by atoms with Crippen LogP contribution in [0.25, 0.3) is 0 Å². The van der Waals surface area contributed by atoms with E-state index >= 15 is 0 Å². The fourth-order valence-electron chi connectivity index (χ4n) is 2.34. The third kappa shape index (κ3) is 4.82. The van der Waals surface area contributed by atoms with Crippen LogP contribution >= 0.6 is 0 Å². The molecule has 4 heteroatoms. The van der Waals surface area contributed by atoms with Crippen LogP contribution < -0.4 is 5.32 Å². The maximum atomic E-state index is 6.68. The molecule has 132 valence electrons. The largest absolute Gasteiger partial charge is 0.467 e. The average Bonchev–Trinajstić information content (AvgIpc) is 3.04. The highest BCUT2D eigenvalue weighted by atomic mass is 28.4. The molecule has 0 amide bonds. The van der Waals surface area contributed by atoms with E-state index in [9.17, 15) is 0 Å². The quantitative estimate of drug-likeness (QED) is 0.671. The number of nitrogens with one attached hydrogen (secondary N) is 1. The van der Waals surface area contributed by atoms with Gasteiger partial charge >= 0.3 is 0 Å². The van der Waals surface area contributed by atoms with Gasteiger partial charge in [0, 0.05) is 12.6 Å². The van der Waals surface area contributed by atoms with Crippen molar-refractivity contribution in [2.45, 2.75) is 64.5 Å². The van der Waals surface area contributed by atoms with Crippen LogP contribution in [0.15, 0.2) is 53.1 Å². The molecule has 0 bridgehead atoms. The molecule has 0 fully saturated rings. The zero-order valence-corrected chi connectivity index (χ0v) is 16.8. The maximum Gasteiger partial charge on any atom is 0.193 e. The number of furan rings is 1. The van der Waals surface area contributed by atoms with E-state index in [-0.39, 0.29) is 17.2 Å². The molecule has 0 aliphatic rings. The molecular formula is C20H31NO2Si. The molecule has 0 unspecified atom stereocenters. The Labute approximate surface area is 147 Å². The van der Waals surface area contributed by atoms with Crippen LogP contribution in [-0.2, 0) is 11.0 Å². The second-order valence-corrected chi connectivity index (χ2v) is 12.7. The summed E-state index contributed by atoms with van der Waals surface area (Å²) in [5, 5.41) is 3.76. The maximum absolute atomic E-state index is 6.68. The highest BCUT2D eigenvalue weighted by molar-refractivity contribution is 6.74. The first kappa shape index (κ1) is 19.0. The van der Waals surface area contributed by atoms with Gasteiger partial charge in [0.05, 0.1) is 6.26 Å². The first-order valence-electron chi connectivity index (χ1n) is 8.69. The second kappa shape index (κ2) is 7.68. The van der Waals surface area contributed by atoms with E-state index in [0.717, 1.165) is 12.3 Å². The van der Waals surface area contributed by atoms with E-state index in [0.29, 0.717) is 0 Å². The van der Waals surface area contributed by atoms with E-state index in [1.807, 2.05) is 18.2 Å². The SMILES string of the molecule is C[C@H](NCc1ccccc1)[C@H](O[Si](C)(C)C(C)(C)C)c1ccco1. The van der Waals surface area contributed by atoms with Gasteiger partial charge in [0.25, 0.3) is 0 Å². The summed E-state index contributed by atoms with van der Waals surface area (Å²) in [5.41, 5.74) is 1.27. The Kier molecular flexibility index (Phi) is 6.07. The Morgan fingerprint density at radius 1 is 1.08 bits per heavy atom. The molecule has 1 aromatic heterocycles. The molecular weight excluding hydrogens is 314 g/mol. The summed E-state index contributed by atoms with van der Waals surface area (Å²) in [5.74, 6) is 0.896. The predicted molar refractivity (Wildman–Crippen MR) is 102 cm³/mol. The second-order valence-electron chi connectivity index (χ2n) is 7.97. The van der Waals surface area contributed by atoms with Crippen molar-refractivity contribution in [2.24, 2.45) is 0 Å². The number of rotatable bonds is 7. The van der Waals surface area contributed by atoms with Gasteiger partial charge in [-0.05, 0) is 42.8 Å². The summed E-state index contributed by atoms with van der Waals surface area (Å²) in [4.78, 5) is 0. The molecule has 1 N–H and O–H groups in total. The van der Waals surface area contributed by atoms with Crippen molar-refractivity contribution >= 4 is 8.32 Å². The third-order valence-electron chi connectivity index (χ3n) is 4.98. The summed E-state index contributed by atoms with van der Waals surface area (Å²) in [6.07, 6.45) is 1.64. The molecule has 2 aromatic rings.